The van der Waals surface area contributed by atoms with Crippen LogP contribution in [0.15, 0.2) is 29.4 Å². The number of halogens is 1. The van der Waals surface area contributed by atoms with Gasteiger partial charge in [0.1, 0.15) is 15.5 Å². The molecule has 2 heterocycles. The van der Waals surface area contributed by atoms with Gasteiger partial charge in [-0.05, 0) is 18.6 Å². The topological polar surface area (TPSA) is 97.6 Å². The minimum absolute atomic E-state index is 0.00575. The Morgan fingerprint density at radius 3 is 2.67 bits per heavy atom. The van der Waals surface area contributed by atoms with Gasteiger partial charge in [0.25, 0.3) is 10.0 Å². The zero-order chi connectivity index (χ0) is 15.7. The van der Waals surface area contributed by atoms with Crippen molar-refractivity contribution in [3.05, 3.63) is 29.5 Å². The molecule has 0 saturated carbocycles. The van der Waals surface area contributed by atoms with E-state index in [-0.39, 0.29) is 28.9 Å². The Hall–Kier alpha value is -1.16. The van der Waals surface area contributed by atoms with Gasteiger partial charge in [-0.2, -0.15) is 0 Å². The summed E-state index contributed by atoms with van der Waals surface area (Å²) >= 11 is 5.89. The molecule has 0 saturated heterocycles. The summed E-state index contributed by atoms with van der Waals surface area (Å²) in [4.78, 5) is 3.96. The molecule has 2 aromatic heterocycles. The Labute approximate surface area is 127 Å². The van der Waals surface area contributed by atoms with Crippen LogP contribution < -0.4 is 4.72 Å². The molecule has 0 aromatic carbocycles. The standard InChI is InChI=1S/C11H14ClN3O4S2/c1-20(16,17)8-4-6-13-21(18,19)11-10(12)14-9-5-2-3-7-15(9)11/h2-3,5,7,13H,4,6,8H2,1H3. The molecule has 21 heavy (non-hydrogen) atoms. The molecule has 116 valence electrons. The number of sulfonamides is 1. The third kappa shape index (κ3) is 3.94. The minimum Gasteiger partial charge on any atom is -0.288 e. The van der Waals surface area contributed by atoms with Crippen LogP contribution in [-0.4, -0.2) is 44.8 Å². The maximum absolute atomic E-state index is 12.2. The van der Waals surface area contributed by atoms with Crippen molar-refractivity contribution in [2.45, 2.75) is 11.4 Å². The Bertz CT molecular complexity index is 859. The van der Waals surface area contributed by atoms with E-state index in [0.29, 0.717) is 5.65 Å². The van der Waals surface area contributed by atoms with E-state index >= 15 is 0 Å². The molecule has 0 unspecified atom stereocenters. The van der Waals surface area contributed by atoms with Crippen molar-refractivity contribution in [1.82, 2.24) is 14.1 Å². The fourth-order valence-corrected chi connectivity index (χ4v) is 4.18. The zero-order valence-electron chi connectivity index (χ0n) is 11.2. The molecule has 10 heteroatoms. The van der Waals surface area contributed by atoms with Gasteiger partial charge in [-0.25, -0.2) is 26.5 Å². The molecule has 0 aliphatic heterocycles. The van der Waals surface area contributed by atoms with Crippen molar-refractivity contribution in [3.8, 4) is 0 Å². The van der Waals surface area contributed by atoms with Crippen LogP contribution in [0, 0.1) is 0 Å². The van der Waals surface area contributed by atoms with Crippen LogP contribution in [0.25, 0.3) is 5.65 Å². The summed E-state index contributed by atoms with van der Waals surface area (Å²) in [6.45, 7) is 0.00575. The van der Waals surface area contributed by atoms with E-state index in [4.69, 9.17) is 11.6 Å². The van der Waals surface area contributed by atoms with Crippen molar-refractivity contribution >= 4 is 37.1 Å². The van der Waals surface area contributed by atoms with Gasteiger partial charge in [0.15, 0.2) is 10.2 Å². The Morgan fingerprint density at radius 1 is 1.29 bits per heavy atom. The highest BCUT2D eigenvalue weighted by Gasteiger charge is 2.23. The van der Waals surface area contributed by atoms with E-state index in [1.165, 1.54) is 4.40 Å². The molecule has 1 N–H and O–H groups in total. The second-order valence-corrected chi connectivity index (χ2v) is 8.82. The van der Waals surface area contributed by atoms with Gasteiger partial charge in [-0.15, -0.1) is 0 Å². The lowest BCUT2D eigenvalue weighted by Crippen LogP contribution is -2.27. The first-order valence-electron chi connectivity index (χ1n) is 6.01. The number of rotatable bonds is 6. The Balaban J connectivity index is 2.20. The van der Waals surface area contributed by atoms with Crippen LogP contribution in [0.4, 0.5) is 0 Å². The first-order chi connectivity index (χ1) is 9.71. The van der Waals surface area contributed by atoms with Crippen LogP contribution in [0.5, 0.6) is 0 Å². The molecular weight excluding hydrogens is 338 g/mol. The first kappa shape index (κ1) is 16.2. The van der Waals surface area contributed by atoms with Gasteiger partial charge in [-0.1, -0.05) is 17.7 Å². The van der Waals surface area contributed by atoms with Crippen molar-refractivity contribution in [1.29, 1.82) is 0 Å². The summed E-state index contributed by atoms with van der Waals surface area (Å²) in [7, 11) is -6.99. The largest absolute Gasteiger partial charge is 0.288 e. The molecule has 0 radical (unpaired) electrons. The van der Waals surface area contributed by atoms with Crippen LogP contribution in [0.1, 0.15) is 6.42 Å². The van der Waals surface area contributed by atoms with Crippen molar-refractivity contribution < 1.29 is 16.8 Å². The number of hydrogen-bond donors (Lipinski definition) is 1. The third-order valence-corrected chi connectivity index (χ3v) is 5.57. The summed E-state index contributed by atoms with van der Waals surface area (Å²) in [5, 5.41) is -0.282. The number of hydrogen-bond acceptors (Lipinski definition) is 5. The van der Waals surface area contributed by atoms with E-state index < -0.39 is 19.9 Å². The van der Waals surface area contributed by atoms with Gasteiger partial charge in [0.05, 0.1) is 5.75 Å². The maximum Gasteiger partial charge on any atom is 0.259 e. The second-order valence-electron chi connectivity index (χ2n) is 4.52. The van der Waals surface area contributed by atoms with Gasteiger partial charge >= 0.3 is 0 Å². The van der Waals surface area contributed by atoms with Crippen LogP contribution >= 0.6 is 11.6 Å². The first-order valence-corrected chi connectivity index (χ1v) is 9.93. The number of pyridine rings is 1. The monoisotopic (exact) mass is 351 g/mol. The SMILES string of the molecule is CS(=O)(=O)CCCNS(=O)(=O)c1c(Cl)nc2ccccn12. The molecule has 0 amide bonds. The summed E-state index contributed by atoms with van der Waals surface area (Å²) in [5.74, 6) is -0.0869. The van der Waals surface area contributed by atoms with Crippen LogP contribution in [0.3, 0.4) is 0 Å². The molecule has 0 aliphatic carbocycles. The molecule has 0 spiro atoms. The smallest absolute Gasteiger partial charge is 0.259 e. The molecule has 0 bridgehead atoms. The van der Waals surface area contributed by atoms with Gasteiger partial charge in [0, 0.05) is 19.0 Å². The van der Waals surface area contributed by atoms with E-state index in [0.717, 1.165) is 6.26 Å². The van der Waals surface area contributed by atoms with Crippen molar-refractivity contribution in [3.63, 3.8) is 0 Å². The van der Waals surface area contributed by atoms with Crippen molar-refractivity contribution in [2.75, 3.05) is 18.6 Å². The average molecular weight is 352 g/mol. The summed E-state index contributed by atoms with van der Waals surface area (Å²) < 4.78 is 50.2. The highest BCUT2D eigenvalue weighted by Crippen LogP contribution is 2.22. The van der Waals surface area contributed by atoms with Crippen LogP contribution in [0.2, 0.25) is 5.15 Å². The van der Waals surface area contributed by atoms with Gasteiger partial charge in [0.2, 0.25) is 0 Å². The fourth-order valence-electron chi connectivity index (χ4n) is 1.79. The lowest BCUT2D eigenvalue weighted by molar-refractivity contribution is 0.573. The molecule has 0 atom stereocenters. The van der Waals surface area contributed by atoms with Crippen molar-refractivity contribution in [2.24, 2.45) is 0 Å². The summed E-state index contributed by atoms with van der Waals surface area (Å²) in [5.41, 5.74) is 0.416. The van der Waals surface area contributed by atoms with Gasteiger partial charge < -0.3 is 0 Å². The summed E-state index contributed by atoms with van der Waals surface area (Å²) in [6.07, 6.45) is 2.83. The predicted octanol–water partition coefficient (Wildman–Crippen LogP) is 0.701. The average Bonchev–Trinajstić information content (AvgIpc) is 2.70. The highest BCUT2D eigenvalue weighted by molar-refractivity contribution is 7.90. The number of fused-ring (bicyclic) bond motifs is 1. The lowest BCUT2D eigenvalue weighted by Gasteiger charge is -2.06. The Kier molecular flexibility index (Phi) is 4.57. The Morgan fingerprint density at radius 2 is 2.00 bits per heavy atom. The van der Waals surface area contributed by atoms with E-state index in [9.17, 15) is 16.8 Å². The van der Waals surface area contributed by atoms with E-state index in [1.807, 2.05) is 0 Å². The second kappa shape index (κ2) is 5.91. The molecule has 0 fully saturated rings. The predicted molar refractivity (Wildman–Crippen MR) is 79.7 cm³/mol. The number of sulfone groups is 1. The van der Waals surface area contributed by atoms with Gasteiger partial charge in [-0.3, -0.25) is 4.40 Å². The normalized spacial score (nSPS) is 12.9. The minimum atomic E-state index is -3.87. The number of aromatic nitrogens is 2. The van der Waals surface area contributed by atoms with Crippen LogP contribution in [-0.2, 0) is 19.9 Å². The lowest BCUT2D eigenvalue weighted by atomic mass is 10.5. The highest BCUT2D eigenvalue weighted by atomic mass is 35.5. The van der Waals surface area contributed by atoms with E-state index in [2.05, 4.69) is 9.71 Å². The molecular formula is C11H14ClN3O4S2. The zero-order valence-corrected chi connectivity index (χ0v) is 13.5. The quantitative estimate of drug-likeness (QED) is 0.772. The molecule has 2 aromatic rings. The third-order valence-electron chi connectivity index (χ3n) is 2.68. The molecule has 7 nitrogen and oxygen atoms in total. The summed E-state index contributed by atoms with van der Waals surface area (Å²) in [6, 6.07) is 5.01. The molecule has 0 aliphatic rings. The molecule has 2 rings (SSSR count). The maximum atomic E-state index is 12.2. The number of imidazole rings is 1. The number of nitrogens with one attached hydrogen (secondary N) is 1. The fraction of sp³-hybridized carbons (Fsp3) is 0.364. The number of nitrogens with zero attached hydrogens (tertiary/aromatic N) is 2. The van der Waals surface area contributed by atoms with E-state index in [1.54, 1.807) is 24.4 Å².